The molecule has 1 aromatic rings. The lowest BCUT2D eigenvalue weighted by atomic mass is 10.1. The van der Waals surface area contributed by atoms with Gasteiger partial charge in [-0.15, -0.1) is 12.4 Å². The molecule has 1 aromatic carbocycles. The molecule has 5 heteroatoms. The standard InChI is InChI=1S/C12H16BrClN2.ClH/c13-11-7-9(1-2-12(11)14)8-16-5-3-10(15)4-6-16;/h1-2,7,10H,3-6,8,15H2;1H. The van der Waals surface area contributed by atoms with Crippen molar-refractivity contribution in [3.63, 3.8) is 0 Å². The largest absolute Gasteiger partial charge is 0.328 e. The fourth-order valence-corrected chi connectivity index (χ4v) is 2.55. The zero-order chi connectivity index (χ0) is 11.5. The Morgan fingerprint density at radius 1 is 1.35 bits per heavy atom. The Hall–Kier alpha value is 0.200. The Morgan fingerprint density at radius 3 is 2.59 bits per heavy atom. The molecule has 0 atom stereocenters. The number of nitrogens with two attached hydrogens (primary N) is 1. The Kier molecular flexibility index (Phi) is 6.24. The molecule has 0 bridgehead atoms. The van der Waals surface area contributed by atoms with Gasteiger partial charge in [0.2, 0.25) is 0 Å². The summed E-state index contributed by atoms with van der Waals surface area (Å²) in [5.41, 5.74) is 7.18. The van der Waals surface area contributed by atoms with Crippen LogP contribution in [0.2, 0.25) is 5.02 Å². The van der Waals surface area contributed by atoms with Crippen LogP contribution in [-0.4, -0.2) is 24.0 Å². The third kappa shape index (κ3) is 4.42. The molecule has 1 aliphatic rings. The minimum absolute atomic E-state index is 0. The molecule has 0 aliphatic carbocycles. The fraction of sp³-hybridized carbons (Fsp3) is 0.500. The van der Waals surface area contributed by atoms with Crippen LogP contribution in [0.25, 0.3) is 0 Å². The SMILES string of the molecule is Cl.NC1CCN(Cc2ccc(Cl)c(Br)c2)CC1. The summed E-state index contributed by atoms with van der Waals surface area (Å²) in [5, 5.41) is 0.768. The van der Waals surface area contributed by atoms with Crippen LogP contribution in [0.4, 0.5) is 0 Å². The first-order valence-electron chi connectivity index (χ1n) is 5.57. The van der Waals surface area contributed by atoms with Gasteiger partial charge in [-0.05, 0) is 59.6 Å². The van der Waals surface area contributed by atoms with Crippen LogP contribution < -0.4 is 5.73 Å². The van der Waals surface area contributed by atoms with E-state index in [1.165, 1.54) is 5.56 Å². The number of benzene rings is 1. The van der Waals surface area contributed by atoms with E-state index in [4.69, 9.17) is 17.3 Å². The van der Waals surface area contributed by atoms with Crippen molar-refractivity contribution in [2.24, 2.45) is 5.73 Å². The highest BCUT2D eigenvalue weighted by Gasteiger charge is 2.16. The van der Waals surface area contributed by atoms with Gasteiger partial charge in [-0.25, -0.2) is 0 Å². The van der Waals surface area contributed by atoms with Crippen LogP contribution in [0.15, 0.2) is 22.7 Å². The lowest BCUT2D eigenvalue weighted by Gasteiger charge is -2.30. The van der Waals surface area contributed by atoms with Gasteiger partial charge in [-0.3, -0.25) is 4.90 Å². The smallest absolute Gasteiger partial charge is 0.0548 e. The molecule has 2 rings (SSSR count). The monoisotopic (exact) mass is 338 g/mol. The van der Waals surface area contributed by atoms with Gasteiger partial charge in [-0.1, -0.05) is 17.7 Å². The number of likely N-dealkylation sites (tertiary alicyclic amines) is 1. The van der Waals surface area contributed by atoms with Gasteiger partial charge in [-0.2, -0.15) is 0 Å². The van der Waals surface area contributed by atoms with E-state index in [2.05, 4.69) is 33.0 Å². The lowest BCUT2D eigenvalue weighted by Crippen LogP contribution is -2.39. The van der Waals surface area contributed by atoms with Crippen molar-refractivity contribution in [3.8, 4) is 0 Å². The van der Waals surface area contributed by atoms with E-state index in [1.54, 1.807) is 0 Å². The molecular weight excluding hydrogens is 323 g/mol. The van der Waals surface area contributed by atoms with E-state index in [1.807, 2.05) is 6.07 Å². The van der Waals surface area contributed by atoms with Crippen molar-refractivity contribution in [1.82, 2.24) is 4.90 Å². The second-order valence-corrected chi connectivity index (χ2v) is 5.62. The van der Waals surface area contributed by atoms with Gasteiger partial charge in [0.15, 0.2) is 0 Å². The molecule has 1 saturated heterocycles. The highest BCUT2D eigenvalue weighted by molar-refractivity contribution is 9.10. The van der Waals surface area contributed by atoms with Gasteiger partial charge in [0.25, 0.3) is 0 Å². The molecule has 1 fully saturated rings. The van der Waals surface area contributed by atoms with Crippen LogP contribution >= 0.6 is 39.9 Å². The summed E-state index contributed by atoms with van der Waals surface area (Å²) in [6.07, 6.45) is 2.21. The summed E-state index contributed by atoms with van der Waals surface area (Å²) in [7, 11) is 0. The second-order valence-electron chi connectivity index (χ2n) is 4.36. The molecule has 0 amide bonds. The van der Waals surface area contributed by atoms with Gasteiger partial charge in [0, 0.05) is 17.1 Å². The van der Waals surface area contributed by atoms with Crippen molar-refractivity contribution < 1.29 is 0 Å². The van der Waals surface area contributed by atoms with Crippen LogP contribution in [-0.2, 0) is 6.54 Å². The summed E-state index contributed by atoms with van der Waals surface area (Å²) >= 11 is 9.42. The Morgan fingerprint density at radius 2 is 2.00 bits per heavy atom. The third-order valence-electron chi connectivity index (χ3n) is 3.02. The van der Waals surface area contributed by atoms with Gasteiger partial charge < -0.3 is 5.73 Å². The molecule has 0 spiro atoms. The van der Waals surface area contributed by atoms with Gasteiger partial charge >= 0.3 is 0 Å². The van der Waals surface area contributed by atoms with E-state index < -0.39 is 0 Å². The summed E-state index contributed by atoms with van der Waals surface area (Å²) in [4.78, 5) is 2.44. The molecule has 0 aromatic heterocycles. The quantitative estimate of drug-likeness (QED) is 0.894. The fourth-order valence-electron chi connectivity index (χ4n) is 2.01. The number of halogens is 3. The molecule has 0 unspecified atom stereocenters. The molecular formula is C12H17BrCl2N2. The first kappa shape index (κ1) is 15.3. The predicted molar refractivity (Wildman–Crippen MR) is 78.9 cm³/mol. The summed E-state index contributed by atoms with van der Waals surface area (Å²) < 4.78 is 0.973. The molecule has 2 nitrogen and oxygen atoms in total. The maximum atomic E-state index is 5.97. The first-order valence-corrected chi connectivity index (χ1v) is 6.74. The zero-order valence-electron chi connectivity index (χ0n) is 9.53. The maximum absolute atomic E-state index is 5.97. The molecule has 17 heavy (non-hydrogen) atoms. The van der Waals surface area contributed by atoms with Crippen molar-refractivity contribution in [3.05, 3.63) is 33.3 Å². The van der Waals surface area contributed by atoms with Crippen molar-refractivity contribution >= 4 is 39.9 Å². The minimum atomic E-state index is 0. The van der Waals surface area contributed by atoms with E-state index in [0.717, 1.165) is 42.0 Å². The van der Waals surface area contributed by atoms with Crippen molar-refractivity contribution in [2.75, 3.05) is 13.1 Å². The van der Waals surface area contributed by atoms with E-state index in [-0.39, 0.29) is 12.4 Å². The van der Waals surface area contributed by atoms with E-state index in [9.17, 15) is 0 Å². The van der Waals surface area contributed by atoms with Crippen LogP contribution in [0.3, 0.4) is 0 Å². The Bertz CT molecular complexity index is 366. The highest BCUT2D eigenvalue weighted by Crippen LogP contribution is 2.24. The molecule has 1 heterocycles. The normalized spacial score (nSPS) is 17.8. The third-order valence-corrected chi connectivity index (χ3v) is 4.24. The van der Waals surface area contributed by atoms with E-state index in [0.29, 0.717) is 6.04 Å². The number of rotatable bonds is 2. The number of piperidine rings is 1. The summed E-state index contributed by atoms with van der Waals surface area (Å²) in [6.45, 7) is 3.19. The number of hydrogen-bond acceptors (Lipinski definition) is 2. The molecule has 0 radical (unpaired) electrons. The number of hydrogen-bond donors (Lipinski definition) is 1. The van der Waals surface area contributed by atoms with E-state index >= 15 is 0 Å². The average molecular weight is 340 g/mol. The second kappa shape index (κ2) is 6.95. The lowest BCUT2D eigenvalue weighted by molar-refractivity contribution is 0.205. The van der Waals surface area contributed by atoms with Crippen LogP contribution in [0.5, 0.6) is 0 Å². The summed E-state index contributed by atoms with van der Waals surface area (Å²) in [6, 6.07) is 6.52. The Balaban J connectivity index is 0.00000144. The zero-order valence-corrected chi connectivity index (χ0v) is 12.7. The molecule has 0 saturated carbocycles. The maximum Gasteiger partial charge on any atom is 0.0548 e. The minimum Gasteiger partial charge on any atom is -0.328 e. The highest BCUT2D eigenvalue weighted by atomic mass is 79.9. The number of nitrogens with zero attached hydrogens (tertiary/aromatic N) is 1. The summed E-state index contributed by atoms with van der Waals surface area (Å²) in [5.74, 6) is 0. The first-order chi connectivity index (χ1) is 7.65. The molecule has 96 valence electrons. The molecule has 2 N–H and O–H groups in total. The van der Waals surface area contributed by atoms with Crippen LogP contribution in [0.1, 0.15) is 18.4 Å². The van der Waals surface area contributed by atoms with Crippen molar-refractivity contribution in [2.45, 2.75) is 25.4 Å². The topological polar surface area (TPSA) is 29.3 Å². The van der Waals surface area contributed by atoms with Gasteiger partial charge in [0.1, 0.15) is 0 Å². The average Bonchev–Trinajstić information content (AvgIpc) is 2.27. The van der Waals surface area contributed by atoms with Crippen molar-refractivity contribution in [1.29, 1.82) is 0 Å². The molecule has 1 aliphatic heterocycles. The van der Waals surface area contributed by atoms with Gasteiger partial charge in [0.05, 0.1) is 5.02 Å². The van der Waals surface area contributed by atoms with Crippen LogP contribution in [0, 0.1) is 0 Å². The predicted octanol–water partition coefficient (Wildman–Crippen LogP) is 3.45. The Labute approximate surface area is 122 Å².